The lowest BCUT2D eigenvalue weighted by atomic mass is 10.1. The molecule has 0 fully saturated rings. The van der Waals surface area contributed by atoms with Crippen molar-refractivity contribution in [2.75, 3.05) is 25.5 Å². The predicted octanol–water partition coefficient (Wildman–Crippen LogP) is 3.60. The van der Waals surface area contributed by atoms with E-state index in [-0.39, 0.29) is 18.9 Å². The molecule has 28 heavy (non-hydrogen) atoms. The van der Waals surface area contributed by atoms with Gasteiger partial charge in [0.25, 0.3) is 5.91 Å². The second-order valence-corrected chi connectivity index (χ2v) is 6.99. The fourth-order valence-corrected chi connectivity index (χ4v) is 2.71. The number of nitrogens with one attached hydrogen (secondary N) is 1. The van der Waals surface area contributed by atoms with Gasteiger partial charge in [0, 0.05) is 44.0 Å². The van der Waals surface area contributed by atoms with Crippen LogP contribution in [0.15, 0.2) is 47.5 Å². The van der Waals surface area contributed by atoms with Gasteiger partial charge in [0.05, 0.1) is 12.1 Å². The topological polar surface area (TPSA) is 82.0 Å². The lowest BCUT2D eigenvalue weighted by Crippen LogP contribution is -2.25. The van der Waals surface area contributed by atoms with Gasteiger partial charge in [0.15, 0.2) is 0 Å². The summed E-state index contributed by atoms with van der Waals surface area (Å²) in [7, 11) is 4.02. The Hall–Kier alpha value is -3.15. The summed E-state index contributed by atoms with van der Waals surface area (Å²) in [5, 5.41) is 11.3. The zero-order chi connectivity index (χ0) is 20.7. The van der Waals surface area contributed by atoms with E-state index < -0.39 is 5.97 Å². The van der Waals surface area contributed by atoms with Crippen LogP contribution in [0.1, 0.15) is 34.8 Å². The Balaban J connectivity index is 2.10. The van der Waals surface area contributed by atoms with E-state index >= 15 is 0 Å². The third-order valence-corrected chi connectivity index (χ3v) is 4.32. The van der Waals surface area contributed by atoms with Gasteiger partial charge in [-0.2, -0.15) is 0 Å². The Kier molecular flexibility index (Phi) is 7.32. The Bertz CT molecular complexity index is 871. The second kappa shape index (κ2) is 9.69. The summed E-state index contributed by atoms with van der Waals surface area (Å²) < 4.78 is 0. The minimum atomic E-state index is -0.941. The number of aliphatic imine (C=N–C) groups is 1. The van der Waals surface area contributed by atoms with Crippen molar-refractivity contribution < 1.29 is 14.7 Å². The number of anilines is 1. The molecule has 0 bridgehead atoms. The van der Waals surface area contributed by atoms with Gasteiger partial charge in [-0.15, -0.1) is 0 Å². The number of carbonyl (C=O) groups excluding carboxylic acids is 1. The van der Waals surface area contributed by atoms with Crippen LogP contribution >= 0.6 is 0 Å². The standard InChI is InChI=1S/C22H27N3O3/c1-15-5-8-18(22(28)23-12-11-21(26)27)14-20(15)24-16(2)13-17-6-9-19(10-7-17)25(3)4/h5-10,14H,11-13H2,1-4H3,(H,23,28)(H,26,27). The number of carboxylic acids is 1. The van der Waals surface area contributed by atoms with E-state index in [0.29, 0.717) is 5.56 Å². The molecule has 2 rings (SSSR count). The SMILES string of the molecule is CC(Cc1ccc(N(C)C)cc1)=Nc1cc(C(=O)NCCC(=O)O)ccc1C. The van der Waals surface area contributed by atoms with Gasteiger partial charge >= 0.3 is 5.97 Å². The van der Waals surface area contributed by atoms with Crippen molar-refractivity contribution in [2.45, 2.75) is 26.7 Å². The van der Waals surface area contributed by atoms with Crippen LogP contribution in [-0.4, -0.2) is 43.3 Å². The molecular weight excluding hydrogens is 354 g/mol. The van der Waals surface area contributed by atoms with E-state index in [4.69, 9.17) is 10.1 Å². The average Bonchev–Trinajstić information content (AvgIpc) is 2.63. The van der Waals surface area contributed by atoms with Gasteiger partial charge in [0.1, 0.15) is 0 Å². The minimum absolute atomic E-state index is 0.0998. The van der Waals surface area contributed by atoms with Crippen LogP contribution in [0.5, 0.6) is 0 Å². The number of nitrogens with zero attached hydrogens (tertiary/aromatic N) is 2. The molecule has 148 valence electrons. The van der Waals surface area contributed by atoms with Crippen molar-refractivity contribution in [1.29, 1.82) is 0 Å². The van der Waals surface area contributed by atoms with Gasteiger partial charge < -0.3 is 15.3 Å². The van der Waals surface area contributed by atoms with Crippen molar-refractivity contribution >= 4 is 29.0 Å². The lowest BCUT2D eigenvalue weighted by Gasteiger charge is -2.12. The molecule has 0 aliphatic carbocycles. The first-order chi connectivity index (χ1) is 13.3. The smallest absolute Gasteiger partial charge is 0.305 e. The van der Waals surface area contributed by atoms with E-state index in [1.165, 1.54) is 5.56 Å². The monoisotopic (exact) mass is 381 g/mol. The van der Waals surface area contributed by atoms with Crippen molar-refractivity contribution in [2.24, 2.45) is 4.99 Å². The third-order valence-electron chi connectivity index (χ3n) is 4.32. The maximum Gasteiger partial charge on any atom is 0.305 e. The van der Waals surface area contributed by atoms with E-state index in [1.54, 1.807) is 12.1 Å². The van der Waals surface area contributed by atoms with Crippen molar-refractivity contribution in [1.82, 2.24) is 5.32 Å². The van der Waals surface area contributed by atoms with E-state index in [9.17, 15) is 9.59 Å². The molecule has 0 saturated heterocycles. The predicted molar refractivity (Wildman–Crippen MR) is 113 cm³/mol. The van der Waals surface area contributed by atoms with Gasteiger partial charge in [-0.05, 0) is 49.2 Å². The van der Waals surface area contributed by atoms with Crippen LogP contribution in [0, 0.1) is 6.92 Å². The third kappa shape index (κ3) is 6.23. The molecule has 1 amide bonds. The summed E-state index contributed by atoms with van der Waals surface area (Å²) >= 11 is 0. The average molecular weight is 381 g/mol. The van der Waals surface area contributed by atoms with Gasteiger partial charge in [-0.3, -0.25) is 14.6 Å². The van der Waals surface area contributed by atoms with Gasteiger partial charge in [0.2, 0.25) is 0 Å². The molecule has 0 spiro atoms. The molecule has 0 aromatic heterocycles. The number of hydrogen-bond donors (Lipinski definition) is 2. The fourth-order valence-electron chi connectivity index (χ4n) is 2.71. The zero-order valence-electron chi connectivity index (χ0n) is 16.8. The molecule has 0 aliphatic heterocycles. The van der Waals surface area contributed by atoms with Crippen molar-refractivity contribution in [3.8, 4) is 0 Å². The van der Waals surface area contributed by atoms with Crippen LogP contribution in [0.2, 0.25) is 0 Å². The summed E-state index contributed by atoms with van der Waals surface area (Å²) in [5.41, 5.74) is 5.46. The van der Waals surface area contributed by atoms with Crippen LogP contribution < -0.4 is 10.2 Å². The highest BCUT2D eigenvalue weighted by molar-refractivity contribution is 5.96. The molecule has 0 unspecified atom stereocenters. The van der Waals surface area contributed by atoms with Crippen LogP contribution in [0.3, 0.4) is 0 Å². The molecule has 0 aliphatic rings. The van der Waals surface area contributed by atoms with E-state index in [2.05, 4.69) is 34.5 Å². The Morgan fingerprint density at radius 3 is 2.39 bits per heavy atom. The highest BCUT2D eigenvalue weighted by Gasteiger charge is 2.09. The number of aliphatic carboxylic acids is 1. The number of amides is 1. The number of aryl methyl sites for hydroxylation is 1. The molecule has 6 nitrogen and oxygen atoms in total. The van der Waals surface area contributed by atoms with E-state index in [1.807, 2.05) is 34.0 Å². The maximum atomic E-state index is 12.2. The maximum absolute atomic E-state index is 12.2. The van der Waals surface area contributed by atoms with Gasteiger partial charge in [-0.25, -0.2) is 0 Å². The molecule has 2 aromatic rings. The molecular formula is C22H27N3O3. The van der Waals surface area contributed by atoms with Crippen LogP contribution in [-0.2, 0) is 11.2 Å². The molecule has 0 radical (unpaired) electrons. The largest absolute Gasteiger partial charge is 0.481 e. The lowest BCUT2D eigenvalue weighted by molar-refractivity contribution is -0.136. The number of rotatable bonds is 8. The minimum Gasteiger partial charge on any atom is -0.481 e. The van der Waals surface area contributed by atoms with Crippen LogP contribution in [0.4, 0.5) is 11.4 Å². The Labute approximate surface area is 165 Å². The molecule has 0 saturated carbocycles. The summed E-state index contributed by atoms with van der Waals surface area (Å²) in [6, 6.07) is 13.7. The fraction of sp³-hybridized carbons (Fsp3) is 0.318. The highest BCUT2D eigenvalue weighted by Crippen LogP contribution is 2.21. The number of benzene rings is 2. The Morgan fingerprint density at radius 2 is 1.79 bits per heavy atom. The zero-order valence-corrected chi connectivity index (χ0v) is 16.8. The summed E-state index contributed by atoms with van der Waals surface area (Å²) in [4.78, 5) is 29.5. The van der Waals surface area contributed by atoms with Crippen molar-refractivity contribution in [3.05, 3.63) is 59.2 Å². The first kappa shape index (κ1) is 21.2. The number of carboxylic acid groups (broad SMARTS) is 1. The number of hydrogen-bond acceptors (Lipinski definition) is 4. The molecule has 2 aromatic carbocycles. The first-order valence-electron chi connectivity index (χ1n) is 9.17. The highest BCUT2D eigenvalue weighted by atomic mass is 16.4. The number of carbonyl (C=O) groups is 2. The van der Waals surface area contributed by atoms with Crippen LogP contribution in [0.25, 0.3) is 0 Å². The quantitative estimate of drug-likeness (QED) is 0.685. The summed E-state index contributed by atoms with van der Waals surface area (Å²) in [6.45, 7) is 4.02. The molecule has 0 heterocycles. The van der Waals surface area contributed by atoms with Crippen molar-refractivity contribution in [3.63, 3.8) is 0 Å². The normalized spacial score (nSPS) is 11.2. The molecule has 0 atom stereocenters. The summed E-state index contributed by atoms with van der Waals surface area (Å²) in [6.07, 6.45) is 0.622. The molecule has 2 N–H and O–H groups in total. The van der Waals surface area contributed by atoms with E-state index in [0.717, 1.165) is 29.1 Å². The molecule has 6 heteroatoms. The van der Waals surface area contributed by atoms with Gasteiger partial charge in [-0.1, -0.05) is 18.2 Å². The first-order valence-corrected chi connectivity index (χ1v) is 9.17. The Morgan fingerprint density at radius 1 is 1.11 bits per heavy atom. The second-order valence-electron chi connectivity index (χ2n) is 6.99. The summed E-state index contributed by atoms with van der Waals surface area (Å²) in [5.74, 6) is -1.24.